The van der Waals surface area contributed by atoms with Crippen molar-refractivity contribution in [3.8, 4) is 5.75 Å². The summed E-state index contributed by atoms with van der Waals surface area (Å²) in [6.07, 6.45) is 1.92. The molecule has 2 aromatic rings. The average Bonchev–Trinajstić information content (AvgIpc) is 2.84. The predicted molar refractivity (Wildman–Crippen MR) is 86.4 cm³/mol. The van der Waals surface area contributed by atoms with Gasteiger partial charge in [0, 0.05) is 29.9 Å². The van der Waals surface area contributed by atoms with E-state index in [0.29, 0.717) is 22.3 Å². The number of ether oxygens (including phenoxy) is 1. The number of halogens is 2. The Morgan fingerprint density at radius 1 is 1.41 bits per heavy atom. The smallest absolute Gasteiger partial charge is 0.258 e. The van der Waals surface area contributed by atoms with Gasteiger partial charge in [-0.1, -0.05) is 23.2 Å². The molecule has 0 radical (unpaired) electrons. The predicted octanol–water partition coefficient (Wildman–Crippen LogP) is 3.21. The number of amides is 1. The normalized spacial score (nSPS) is 10.5. The Balaban J connectivity index is 1.84. The van der Waals surface area contributed by atoms with E-state index in [-0.39, 0.29) is 12.5 Å². The number of rotatable bonds is 6. The lowest BCUT2D eigenvalue weighted by Gasteiger charge is -2.08. The van der Waals surface area contributed by atoms with Gasteiger partial charge in [0.05, 0.1) is 10.7 Å². The van der Waals surface area contributed by atoms with Crippen LogP contribution in [0.4, 0.5) is 0 Å². The van der Waals surface area contributed by atoms with Crippen LogP contribution in [0.15, 0.2) is 24.4 Å². The summed E-state index contributed by atoms with van der Waals surface area (Å²) in [7, 11) is 0. The Morgan fingerprint density at radius 2 is 2.18 bits per heavy atom. The number of carbonyl (C=O) groups excluding carboxylic acids is 1. The van der Waals surface area contributed by atoms with Crippen LogP contribution in [0.5, 0.6) is 5.75 Å². The lowest BCUT2D eigenvalue weighted by atomic mass is 10.2. The maximum Gasteiger partial charge on any atom is 0.258 e. The van der Waals surface area contributed by atoms with Crippen LogP contribution in [-0.2, 0) is 17.9 Å². The molecule has 0 aliphatic heterocycles. The third-order valence-electron chi connectivity index (χ3n) is 3.10. The Kier molecular flexibility index (Phi) is 5.69. The summed E-state index contributed by atoms with van der Waals surface area (Å²) in [5, 5.41) is 8.01. The SMILES string of the molecule is CCn1cc(CNC(=O)COc2ccc(Cl)cc2Cl)c(C)n1. The molecule has 0 bridgehead atoms. The van der Waals surface area contributed by atoms with Crippen LogP contribution in [0.2, 0.25) is 10.0 Å². The highest BCUT2D eigenvalue weighted by molar-refractivity contribution is 6.35. The molecule has 1 amide bonds. The molecule has 5 nitrogen and oxygen atoms in total. The number of aryl methyl sites for hydroxylation is 2. The number of hydrogen-bond acceptors (Lipinski definition) is 3. The van der Waals surface area contributed by atoms with Crippen molar-refractivity contribution in [2.24, 2.45) is 0 Å². The second-order valence-electron chi connectivity index (χ2n) is 4.74. The largest absolute Gasteiger partial charge is 0.482 e. The van der Waals surface area contributed by atoms with E-state index in [1.807, 2.05) is 24.7 Å². The molecule has 0 aliphatic rings. The lowest BCUT2D eigenvalue weighted by molar-refractivity contribution is -0.123. The molecule has 1 N–H and O–H groups in total. The minimum Gasteiger partial charge on any atom is -0.482 e. The lowest BCUT2D eigenvalue weighted by Crippen LogP contribution is -2.28. The van der Waals surface area contributed by atoms with Gasteiger partial charge in [-0.2, -0.15) is 5.10 Å². The first-order valence-corrected chi connectivity index (χ1v) is 7.62. The Morgan fingerprint density at radius 3 is 2.82 bits per heavy atom. The molecule has 7 heteroatoms. The van der Waals surface area contributed by atoms with Crippen LogP contribution in [0.3, 0.4) is 0 Å². The zero-order valence-electron chi connectivity index (χ0n) is 12.4. The van der Waals surface area contributed by atoms with Crippen molar-refractivity contribution in [2.45, 2.75) is 26.9 Å². The quantitative estimate of drug-likeness (QED) is 0.877. The third-order valence-corrected chi connectivity index (χ3v) is 3.63. The Labute approximate surface area is 139 Å². The van der Waals surface area contributed by atoms with Crippen LogP contribution in [0, 0.1) is 6.92 Å². The molecular formula is C15H17Cl2N3O2. The van der Waals surface area contributed by atoms with Crippen LogP contribution in [0.25, 0.3) is 0 Å². The van der Waals surface area contributed by atoms with E-state index >= 15 is 0 Å². The van der Waals surface area contributed by atoms with Gasteiger partial charge in [0.25, 0.3) is 5.91 Å². The first-order valence-electron chi connectivity index (χ1n) is 6.87. The highest BCUT2D eigenvalue weighted by Gasteiger charge is 2.09. The van der Waals surface area contributed by atoms with Crippen molar-refractivity contribution in [3.05, 3.63) is 45.7 Å². The number of nitrogens with one attached hydrogen (secondary N) is 1. The number of carbonyl (C=O) groups is 1. The van der Waals surface area contributed by atoms with Gasteiger partial charge in [0.2, 0.25) is 0 Å². The van der Waals surface area contributed by atoms with Crippen molar-refractivity contribution in [1.82, 2.24) is 15.1 Å². The summed E-state index contributed by atoms with van der Waals surface area (Å²) in [5.41, 5.74) is 1.89. The summed E-state index contributed by atoms with van der Waals surface area (Å²) < 4.78 is 7.21. The Hall–Kier alpha value is -1.72. The zero-order valence-corrected chi connectivity index (χ0v) is 13.9. The van der Waals surface area contributed by atoms with E-state index in [2.05, 4.69) is 10.4 Å². The highest BCUT2D eigenvalue weighted by atomic mass is 35.5. The van der Waals surface area contributed by atoms with Crippen molar-refractivity contribution in [2.75, 3.05) is 6.61 Å². The number of aromatic nitrogens is 2. The molecule has 1 aromatic carbocycles. The summed E-state index contributed by atoms with van der Waals surface area (Å²) in [4.78, 5) is 11.8. The van der Waals surface area contributed by atoms with Gasteiger partial charge >= 0.3 is 0 Å². The van der Waals surface area contributed by atoms with Gasteiger partial charge in [0.1, 0.15) is 5.75 Å². The van der Waals surface area contributed by atoms with Crippen LogP contribution >= 0.6 is 23.2 Å². The molecule has 0 aliphatic carbocycles. The highest BCUT2D eigenvalue weighted by Crippen LogP contribution is 2.27. The van der Waals surface area contributed by atoms with Crippen molar-refractivity contribution >= 4 is 29.1 Å². The van der Waals surface area contributed by atoms with E-state index in [9.17, 15) is 4.79 Å². The summed E-state index contributed by atoms with van der Waals surface area (Å²) in [6, 6.07) is 4.86. The number of benzene rings is 1. The second-order valence-corrected chi connectivity index (χ2v) is 5.58. The summed E-state index contributed by atoms with van der Waals surface area (Å²) >= 11 is 11.8. The van der Waals surface area contributed by atoms with E-state index in [4.69, 9.17) is 27.9 Å². The maximum atomic E-state index is 11.8. The monoisotopic (exact) mass is 341 g/mol. The standard InChI is InChI=1S/C15H17Cl2N3O2/c1-3-20-8-11(10(2)19-20)7-18-15(21)9-22-14-5-4-12(16)6-13(14)17/h4-6,8H,3,7,9H2,1-2H3,(H,18,21). The first kappa shape index (κ1) is 16.6. The molecule has 118 valence electrons. The molecule has 0 atom stereocenters. The van der Waals surface area contributed by atoms with Gasteiger partial charge in [0.15, 0.2) is 6.61 Å². The van der Waals surface area contributed by atoms with Gasteiger partial charge in [-0.15, -0.1) is 0 Å². The molecule has 0 unspecified atom stereocenters. The molecular weight excluding hydrogens is 325 g/mol. The second kappa shape index (κ2) is 7.51. The van der Waals surface area contributed by atoms with E-state index < -0.39 is 0 Å². The maximum absolute atomic E-state index is 11.8. The molecule has 1 heterocycles. The van der Waals surface area contributed by atoms with Gasteiger partial charge in [-0.3, -0.25) is 9.48 Å². The molecule has 0 saturated carbocycles. The van der Waals surface area contributed by atoms with E-state index in [1.165, 1.54) is 0 Å². The molecule has 1 aromatic heterocycles. The molecule has 0 fully saturated rings. The number of hydrogen-bond donors (Lipinski definition) is 1. The number of nitrogens with zero attached hydrogens (tertiary/aromatic N) is 2. The fourth-order valence-electron chi connectivity index (χ4n) is 1.88. The third kappa shape index (κ3) is 4.39. The minimum atomic E-state index is -0.227. The van der Waals surface area contributed by atoms with Gasteiger partial charge in [-0.25, -0.2) is 0 Å². The summed E-state index contributed by atoms with van der Waals surface area (Å²) in [6.45, 7) is 5.04. The van der Waals surface area contributed by atoms with E-state index in [0.717, 1.165) is 17.8 Å². The first-order chi connectivity index (χ1) is 10.5. The Bertz CT molecular complexity index is 671. The average molecular weight is 342 g/mol. The fraction of sp³-hybridized carbons (Fsp3) is 0.333. The minimum absolute atomic E-state index is 0.109. The molecule has 22 heavy (non-hydrogen) atoms. The van der Waals surface area contributed by atoms with Crippen LogP contribution in [0.1, 0.15) is 18.2 Å². The van der Waals surface area contributed by atoms with Crippen molar-refractivity contribution in [1.29, 1.82) is 0 Å². The molecule has 2 rings (SSSR count). The van der Waals surface area contributed by atoms with Gasteiger partial charge < -0.3 is 10.1 Å². The summed E-state index contributed by atoms with van der Waals surface area (Å²) in [5.74, 6) is 0.200. The fourth-order valence-corrected chi connectivity index (χ4v) is 2.34. The van der Waals surface area contributed by atoms with Crippen LogP contribution in [-0.4, -0.2) is 22.3 Å². The zero-order chi connectivity index (χ0) is 16.1. The topological polar surface area (TPSA) is 56.2 Å². The van der Waals surface area contributed by atoms with E-state index in [1.54, 1.807) is 18.2 Å². The molecule has 0 spiro atoms. The molecule has 0 saturated heterocycles. The van der Waals surface area contributed by atoms with Crippen molar-refractivity contribution in [3.63, 3.8) is 0 Å². The van der Waals surface area contributed by atoms with Gasteiger partial charge in [-0.05, 0) is 32.0 Å². The van der Waals surface area contributed by atoms with Crippen LogP contribution < -0.4 is 10.1 Å². The van der Waals surface area contributed by atoms with Crippen molar-refractivity contribution < 1.29 is 9.53 Å².